The van der Waals surface area contributed by atoms with Gasteiger partial charge in [-0.15, -0.1) is 0 Å². The number of H-pyrrole nitrogens is 1. The van der Waals surface area contributed by atoms with Crippen LogP contribution in [0, 0.1) is 0 Å². The molecular formula is C29H35N7O2. The van der Waals surface area contributed by atoms with E-state index < -0.39 is 0 Å². The Morgan fingerprint density at radius 1 is 0.947 bits per heavy atom. The lowest BCUT2D eigenvalue weighted by molar-refractivity contribution is 0.0384. The van der Waals surface area contributed by atoms with Crippen molar-refractivity contribution in [1.82, 2.24) is 34.5 Å². The number of pyridine rings is 1. The summed E-state index contributed by atoms with van der Waals surface area (Å²) < 4.78 is 7.20. The third-order valence-electron chi connectivity index (χ3n) is 7.94. The van der Waals surface area contributed by atoms with E-state index in [-0.39, 0.29) is 5.56 Å². The first-order valence-electron chi connectivity index (χ1n) is 13.7. The Labute approximate surface area is 222 Å². The number of hydrogen-bond donors (Lipinski definition) is 1. The number of fused-ring (bicyclic) bond motifs is 1. The van der Waals surface area contributed by atoms with E-state index in [2.05, 4.69) is 54.1 Å². The van der Waals surface area contributed by atoms with E-state index in [1.54, 1.807) is 16.9 Å². The van der Waals surface area contributed by atoms with Gasteiger partial charge in [-0.2, -0.15) is 5.10 Å². The molecule has 2 fully saturated rings. The Morgan fingerprint density at radius 3 is 2.58 bits per heavy atom. The average molecular weight is 514 g/mol. The highest BCUT2D eigenvalue weighted by Gasteiger charge is 2.21. The zero-order valence-corrected chi connectivity index (χ0v) is 21.8. The van der Waals surface area contributed by atoms with Gasteiger partial charge in [0.2, 0.25) is 0 Å². The smallest absolute Gasteiger partial charge is 0.258 e. The molecule has 9 heteroatoms. The highest BCUT2D eigenvalue weighted by atomic mass is 16.5. The van der Waals surface area contributed by atoms with Gasteiger partial charge in [-0.05, 0) is 67.4 Å². The number of benzene rings is 1. The van der Waals surface area contributed by atoms with Crippen LogP contribution in [0.1, 0.15) is 35.4 Å². The summed E-state index contributed by atoms with van der Waals surface area (Å²) in [6.07, 6.45) is 11.4. The maximum atomic E-state index is 12.1. The van der Waals surface area contributed by atoms with E-state index in [4.69, 9.17) is 4.74 Å². The van der Waals surface area contributed by atoms with Crippen molar-refractivity contribution < 1.29 is 4.74 Å². The lowest BCUT2D eigenvalue weighted by Gasteiger charge is -2.32. The van der Waals surface area contributed by atoms with Gasteiger partial charge in [0.25, 0.3) is 5.56 Å². The molecule has 38 heavy (non-hydrogen) atoms. The SMILES string of the molecule is O=c1[nH]cnc2c(-n3cc(CCN4CCC(c5cccc(CCN6CCOCC6)c5)CC4)cn3)nccc12. The molecule has 0 atom stereocenters. The second-order valence-electron chi connectivity index (χ2n) is 10.4. The fraction of sp³-hybridized carbons (Fsp3) is 0.448. The fourth-order valence-electron chi connectivity index (χ4n) is 5.65. The molecule has 0 unspecified atom stereocenters. The fourth-order valence-corrected chi connectivity index (χ4v) is 5.65. The summed E-state index contributed by atoms with van der Waals surface area (Å²) in [6, 6.07) is 11.0. The summed E-state index contributed by atoms with van der Waals surface area (Å²) in [6.45, 7) is 8.20. The average Bonchev–Trinajstić information content (AvgIpc) is 3.45. The Kier molecular flexibility index (Phi) is 7.57. The van der Waals surface area contributed by atoms with Crippen molar-refractivity contribution in [2.24, 2.45) is 0 Å². The minimum atomic E-state index is -0.172. The van der Waals surface area contributed by atoms with Gasteiger partial charge >= 0.3 is 0 Å². The van der Waals surface area contributed by atoms with Crippen molar-refractivity contribution in [1.29, 1.82) is 0 Å². The number of rotatable bonds is 8. The Bertz CT molecular complexity index is 1420. The topological polar surface area (TPSA) is 92.2 Å². The first-order chi connectivity index (χ1) is 18.7. The second-order valence-corrected chi connectivity index (χ2v) is 10.4. The molecular weight excluding hydrogens is 478 g/mol. The molecule has 1 aromatic carbocycles. The zero-order chi connectivity index (χ0) is 25.7. The summed E-state index contributed by atoms with van der Waals surface area (Å²) in [5.74, 6) is 1.22. The minimum absolute atomic E-state index is 0.172. The van der Waals surface area contributed by atoms with Crippen LogP contribution in [0.2, 0.25) is 0 Å². The molecule has 5 heterocycles. The largest absolute Gasteiger partial charge is 0.379 e. The molecule has 2 aliphatic rings. The van der Waals surface area contributed by atoms with Crippen molar-refractivity contribution in [2.45, 2.75) is 31.6 Å². The molecule has 6 rings (SSSR count). The van der Waals surface area contributed by atoms with Crippen LogP contribution in [0.25, 0.3) is 16.7 Å². The molecule has 0 saturated carbocycles. The van der Waals surface area contributed by atoms with E-state index in [0.29, 0.717) is 22.6 Å². The number of ether oxygens (including phenoxy) is 1. The third-order valence-corrected chi connectivity index (χ3v) is 7.94. The molecule has 2 saturated heterocycles. The highest BCUT2D eigenvalue weighted by molar-refractivity contribution is 5.83. The number of morpholine rings is 1. The molecule has 0 aliphatic carbocycles. The monoisotopic (exact) mass is 513 g/mol. The van der Waals surface area contributed by atoms with E-state index in [1.807, 2.05) is 12.4 Å². The molecule has 9 nitrogen and oxygen atoms in total. The van der Waals surface area contributed by atoms with Gasteiger partial charge in [0.15, 0.2) is 5.82 Å². The van der Waals surface area contributed by atoms with Crippen LogP contribution < -0.4 is 5.56 Å². The van der Waals surface area contributed by atoms with Crippen LogP contribution in [0.4, 0.5) is 0 Å². The molecule has 1 N–H and O–H groups in total. The van der Waals surface area contributed by atoms with Gasteiger partial charge in [0, 0.05) is 38.6 Å². The molecule has 0 bridgehead atoms. The number of aromatic amines is 1. The summed E-state index contributed by atoms with van der Waals surface area (Å²) in [4.78, 5) is 28.5. The maximum Gasteiger partial charge on any atom is 0.258 e. The van der Waals surface area contributed by atoms with Gasteiger partial charge in [0.05, 0.1) is 31.1 Å². The Balaban J connectivity index is 1.01. The minimum Gasteiger partial charge on any atom is -0.379 e. The van der Waals surface area contributed by atoms with Gasteiger partial charge in [-0.25, -0.2) is 14.6 Å². The molecule has 0 amide bonds. The van der Waals surface area contributed by atoms with Crippen molar-refractivity contribution in [3.05, 3.63) is 82.3 Å². The highest BCUT2D eigenvalue weighted by Crippen LogP contribution is 2.29. The van der Waals surface area contributed by atoms with Crippen LogP contribution in [0.15, 0.2) is 60.0 Å². The van der Waals surface area contributed by atoms with Gasteiger partial charge < -0.3 is 14.6 Å². The van der Waals surface area contributed by atoms with Gasteiger partial charge in [-0.3, -0.25) is 9.69 Å². The number of nitrogens with one attached hydrogen (secondary N) is 1. The normalized spacial score (nSPS) is 17.8. The van der Waals surface area contributed by atoms with E-state index >= 15 is 0 Å². The number of aromatic nitrogens is 5. The molecule has 0 radical (unpaired) electrons. The quantitative estimate of drug-likeness (QED) is 0.387. The van der Waals surface area contributed by atoms with E-state index in [9.17, 15) is 4.79 Å². The molecule has 0 spiro atoms. The van der Waals surface area contributed by atoms with E-state index in [0.717, 1.165) is 70.9 Å². The summed E-state index contributed by atoms with van der Waals surface area (Å²) in [5, 5.41) is 5.02. The molecule has 4 aromatic rings. The Morgan fingerprint density at radius 2 is 1.74 bits per heavy atom. The summed E-state index contributed by atoms with van der Waals surface area (Å²) in [7, 11) is 0. The molecule has 2 aliphatic heterocycles. The number of likely N-dealkylation sites (tertiary alicyclic amines) is 1. The zero-order valence-electron chi connectivity index (χ0n) is 21.8. The number of piperidine rings is 1. The molecule has 3 aromatic heterocycles. The predicted molar refractivity (Wildman–Crippen MR) is 147 cm³/mol. The van der Waals surface area contributed by atoms with Gasteiger partial charge in [-0.1, -0.05) is 24.3 Å². The van der Waals surface area contributed by atoms with Gasteiger partial charge in [0.1, 0.15) is 5.52 Å². The Hall–Kier alpha value is -3.40. The third kappa shape index (κ3) is 5.70. The van der Waals surface area contributed by atoms with Crippen molar-refractivity contribution in [3.63, 3.8) is 0 Å². The number of hydrogen-bond acceptors (Lipinski definition) is 7. The number of nitrogens with zero attached hydrogens (tertiary/aromatic N) is 6. The maximum absolute atomic E-state index is 12.1. The van der Waals surface area contributed by atoms with Crippen LogP contribution in [-0.4, -0.2) is 87.0 Å². The first kappa shape index (κ1) is 24.9. The van der Waals surface area contributed by atoms with Crippen LogP contribution >= 0.6 is 0 Å². The van der Waals surface area contributed by atoms with Crippen molar-refractivity contribution in [2.75, 3.05) is 52.5 Å². The predicted octanol–water partition coefficient (Wildman–Crippen LogP) is 2.80. The molecule has 198 valence electrons. The van der Waals surface area contributed by atoms with E-state index in [1.165, 1.54) is 30.3 Å². The van der Waals surface area contributed by atoms with Crippen molar-refractivity contribution in [3.8, 4) is 5.82 Å². The van der Waals surface area contributed by atoms with Crippen molar-refractivity contribution >= 4 is 10.9 Å². The summed E-state index contributed by atoms with van der Waals surface area (Å²) in [5.41, 5.74) is 4.49. The lowest BCUT2D eigenvalue weighted by Crippen LogP contribution is -2.37. The standard InChI is InChI=1S/C29H35N7O2/c37-29-26-4-9-30-28(27(26)31-21-32-29)36-20-23(19-33-36)6-11-34-12-7-24(8-13-34)25-3-1-2-22(18-25)5-10-35-14-16-38-17-15-35/h1-4,9,18-21,24H,5-8,10-17H2,(H,31,32,37). The second kappa shape index (κ2) is 11.6. The first-order valence-corrected chi connectivity index (χ1v) is 13.7. The van der Waals surface area contributed by atoms with Crippen LogP contribution in [0.5, 0.6) is 0 Å². The van der Waals surface area contributed by atoms with Crippen LogP contribution in [-0.2, 0) is 17.6 Å². The van der Waals surface area contributed by atoms with Crippen LogP contribution in [0.3, 0.4) is 0 Å². The summed E-state index contributed by atoms with van der Waals surface area (Å²) >= 11 is 0. The lowest BCUT2D eigenvalue weighted by atomic mass is 9.88.